The van der Waals surface area contributed by atoms with E-state index in [1.165, 1.54) is 24.5 Å². The van der Waals surface area contributed by atoms with Crippen LogP contribution in [0.4, 0.5) is 0 Å². The minimum absolute atomic E-state index is 0.00886. The van der Waals surface area contributed by atoms with Crippen LogP contribution in [0.5, 0.6) is 0 Å². The van der Waals surface area contributed by atoms with Crippen molar-refractivity contribution in [2.75, 3.05) is 33.8 Å². The number of hydrogen-bond donors (Lipinski definition) is 2. The van der Waals surface area contributed by atoms with Crippen molar-refractivity contribution in [3.05, 3.63) is 41.5 Å². The molecule has 152 valence electrons. The molecule has 0 saturated carbocycles. The Labute approximate surface area is 167 Å². The lowest BCUT2D eigenvalue weighted by Crippen LogP contribution is -2.69. The molecule has 28 heavy (non-hydrogen) atoms. The smallest absolute Gasteiger partial charge is 0.237 e. The molecule has 1 aliphatic heterocycles. The Morgan fingerprint density at radius 2 is 1.93 bits per heavy atom. The monoisotopic (exact) mass is 385 g/mol. The zero-order chi connectivity index (χ0) is 20.3. The summed E-state index contributed by atoms with van der Waals surface area (Å²) in [6.45, 7) is 2.07. The number of carbonyl (C=O) groups is 2. The van der Waals surface area contributed by atoms with E-state index in [2.05, 4.69) is 35.7 Å². The molecule has 0 bridgehead atoms. The zero-order valence-electron chi connectivity index (χ0n) is 17.0. The third-order valence-corrected chi connectivity index (χ3v) is 5.74. The van der Waals surface area contributed by atoms with Gasteiger partial charge in [-0.1, -0.05) is 30.3 Å². The van der Waals surface area contributed by atoms with Gasteiger partial charge in [-0.2, -0.15) is 0 Å². The van der Waals surface area contributed by atoms with Crippen LogP contribution in [0.25, 0.3) is 5.57 Å². The van der Waals surface area contributed by atoms with E-state index in [4.69, 9.17) is 0 Å². The number of carbonyl (C=O) groups excluding carboxylic acids is 2. The first-order chi connectivity index (χ1) is 13.4. The lowest BCUT2D eigenvalue weighted by atomic mass is 9.74. The molecule has 2 amide bonds. The van der Waals surface area contributed by atoms with Gasteiger partial charge in [0.25, 0.3) is 0 Å². The molecule has 1 heterocycles. The number of benzene rings is 1. The number of likely N-dealkylation sites (N-methyl/N-ethyl adjacent to an activating group) is 1. The number of likely N-dealkylation sites (tertiary alicyclic amines) is 1. The Bertz CT molecular complexity index is 742. The first-order valence-electron chi connectivity index (χ1n) is 10.0. The highest BCUT2D eigenvalue weighted by molar-refractivity contribution is 5.81. The van der Waals surface area contributed by atoms with E-state index in [-0.39, 0.29) is 43.0 Å². The number of rotatable bonds is 7. The summed E-state index contributed by atoms with van der Waals surface area (Å²) in [6.07, 6.45) is 5.79. The van der Waals surface area contributed by atoms with Crippen molar-refractivity contribution in [1.82, 2.24) is 15.1 Å². The van der Waals surface area contributed by atoms with E-state index in [0.717, 1.165) is 18.4 Å². The average Bonchev–Trinajstić information content (AvgIpc) is 3.15. The predicted octanol–water partition coefficient (Wildman–Crippen LogP) is 1.61. The maximum atomic E-state index is 12.7. The van der Waals surface area contributed by atoms with Gasteiger partial charge in [0.05, 0.1) is 25.2 Å². The van der Waals surface area contributed by atoms with Crippen molar-refractivity contribution >= 4 is 17.4 Å². The number of nitrogens with one attached hydrogen (secondary N) is 1. The van der Waals surface area contributed by atoms with Gasteiger partial charge >= 0.3 is 0 Å². The molecule has 0 aromatic heterocycles. The first-order valence-corrected chi connectivity index (χ1v) is 10.0. The number of nitrogens with zero attached hydrogens (tertiary/aromatic N) is 2. The lowest BCUT2D eigenvalue weighted by molar-refractivity contribution is -0.151. The average molecular weight is 386 g/mol. The summed E-state index contributed by atoms with van der Waals surface area (Å²) in [5, 5.41) is 12.8. The van der Waals surface area contributed by atoms with Gasteiger partial charge in [0.15, 0.2) is 0 Å². The SMILES string of the molecule is CC(=O)NC[C@H]1[C@@H](c2ccc(C3=CCCC3)cc2)[C@@H](CO)N1C(=O)CN(C)C. The summed E-state index contributed by atoms with van der Waals surface area (Å²) in [4.78, 5) is 27.7. The van der Waals surface area contributed by atoms with Crippen LogP contribution in [-0.2, 0) is 9.59 Å². The number of amides is 2. The van der Waals surface area contributed by atoms with Gasteiger partial charge in [0.1, 0.15) is 0 Å². The molecule has 3 atom stereocenters. The maximum Gasteiger partial charge on any atom is 0.237 e. The molecule has 0 unspecified atom stereocenters. The fourth-order valence-corrected chi connectivity index (χ4v) is 4.44. The first kappa shape index (κ1) is 20.6. The fourth-order valence-electron chi connectivity index (χ4n) is 4.44. The van der Waals surface area contributed by atoms with Crippen molar-refractivity contribution in [2.45, 2.75) is 44.2 Å². The molecule has 0 spiro atoms. The Morgan fingerprint density at radius 3 is 2.46 bits per heavy atom. The standard InChI is InChI=1S/C22H31N3O3/c1-15(27)23-12-19-22(20(14-26)25(19)21(28)13-24(2)3)18-10-8-17(9-11-18)16-6-4-5-7-16/h6,8-11,19-20,22,26H,4-5,7,12-14H2,1-3H3,(H,23,27)/t19-,20+,22+/m0/s1. The van der Waals surface area contributed by atoms with Crippen LogP contribution in [0.15, 0.2) is 30.3 Å². The normalized spacial score (nSPS) is 24.1. The van der Waals surface area contributed by atoms with E-state index in [1.807, 2.05) is 19.0 Å². The van der Waals surface area contributed by atoms with Gasteiger partial charge in [0, 0.05) is 19.4 Å². The van der Waals surface area contributed by atoms with E-state index >= 15 is 0 Å². The van der Waals surface area contributed by atoms with E-state index in [1.54, 1.807) is 4.90 Å². The van der Waals surface area contributed by atoms with Crippen molar-refractivity contribution in [3.8, 4) is 0 Å². The Morgan fingerprint density at radius 1 is 1.21 bits per heavy atom. The third-order valence-electron chi connectivity index (χ3n) is 5.74. The summed E-state index contributed by atoms with van der Waals surface area (Å²) in [5.74, 6) is -0.132. The van der Waals surface area contributed by atoms with Gasteiger partial charge in [0.2, 0.25) is 11.8 Å². The van der Waals surface area contributed by atoms with E-state index in [9.17, 15) is 14.7 Å². The van der Waals surface area contributed by atoms with Gasteiger partial charge in [-0.05, 0) is 50.1 Å². The van der Waals surface area contributed by atoms with Crippen LogP contribution in [0.2, 0.25) is 0 Å². The van der Waals surface area contributed by atoms with Crippen molar-refractivity contribution in [2.24, 2.45) is 0 Å². The molecular weight excluding hydrogens is 354 g/mol. The predicted molar refractivity (Wildman–Crippen MR) is 110 cm³/mol. The molecule has 1 fully saturated rings. The molecule has 2 aliphatic rings. The number of aliphatic hydroxyl groups excluding tert-OH is 1. The molecule has 3 rings (SSSR count). The second-order valence-electron chi connectivity index (χ2n) is 8.06. The van der Waals surface area contributed by atoms with E-state index in [0.29, 0.717) is 6.54 Å². The number of hydrogen-bond acceptors (Lipinski definition) is 4. The molecular formula is C22H31N3O3. The van der Waals surface area contributed by atoms with Crippen LogP contribution in [0, 0.1) is 0 Å². The van der Waals surface area contributed by atoms with Crippen molar-refractivity contribution in [3.63, 3.8) is 0 Å². The Balaban J connectivity index is 1.81. The molecule has 1 aromatic rings. The van der Waals surface area contributed by atoms with Crippen LogP contribution in [-0.4, -0.2) is 72.6 Å². The van der Waals surface area contributed by atoms with Crippen LogP contribution < -0.4 is 5.32 Å². The number of allylic oxidation sites excluding steroid dienone is 2. The van der Waals surface area contributed by atoms with Gasteiger partial charge < -0.3 is 20.2 Å². The highest BCUT2D eigenvalue weighted by Gasteiger charge is 2.50. The molecule has 0 radical (unpaired) electrons. The molecule has 6 heteroatoms. The minimum atomic E-state index is -0.261. The van der Waals surface area contributed by atoms with Gasteiger partial charge in [-0.15, -0.1) is 0 Å². The highest BCUT2D eigenvalue weighted by atomic mass is 16.3. The van der Waals surface area contributed by atoms with Gasteiger partial charge in [-0.25, -0.2) is 0 Å². The van der Waals surface area contributed by atoms with Crippen molar-refractivity contribution in [1.29, 1.82) is 0 Å². The van der Waals surface area contributed by atoms with Gasteiger partial charge in [-0.3, -0.25) is 9.59 Å². The second-order valence-corrected chi connectivity index (χ2v) is 8.06. The quantitative estimate of drug-likeness (QED) is 0.748. The minimum Gasteiger partial charge on any atom is -0.394 e. The highest BCUT2D eigenvalue weighted by Crippen LogP contribution is 2.41. The molecule has 1 saturated heterocycles. The molecule has 2 N–H and O–H groups in total. The summed E-state index contributed by atoms with van der Waals surface area (Å²) in [6, 6.07) is 8.08. The lowest BCUT2D eigenvalue weighted by Gasteiger charge is -2.55. The molecule has 6 nitrogen and oxygen atoms in total. The Hall–Kier alpha value is -2.18. The summed E-state index contributed by atoms with van der Waals surface area (Å²) < 4.78 is 0. The summed E-state index contributed by atoms with van der Waals surface area (Å²) in [7, 11) is 3.70. The van der Waals surface area contributed by atoms with Crippen LogP contribution >= 0.6 is 0 Å². The van der Waals surface area contributed by atoms with E-state index < -0.39 is 0 Å². The fraction of sp³-hybridized carbons (Fsp3) is 0.545. The second kappa shape index (κ2) is 8.88. The maximum absolute atomic E-state index is 12.7. The largest absolute Gasteiger partial charge is 0.394 e. The zero-order valence-corrected chi connectivity index (χ0v) is 17.0. The summed E-state index contributed by atoms with van der Waals surface area (Å²) >= 11 is 0. The topological polar surface area (TPSA) is 72.9 Å². The van der Waals surface area contributed by atoms with Crippen LogP contribution in [0.3, 0.4) is 0 Å². The van der Waals surface area contributed by atoms with Crippen molar-refractivity contribution < 1.29 is 14.7 Å². The molecule has 1 aromatic carbocycles. The van der Waals surface area contributed by atoms with Crippen LogP contribution in [0.1, 0.15) is 43.2 Å². The number of aliphatic hydroxyl groups is 1. The summed E-state index contributed by atoms with van der Waals surface area (Å²) in [5.41, 5.74) is 3.75. The third kappa shape index (κ3) is 4.28. The Kier molecular flexibility index (Phi) is 6.52. The molecule has 1 aliphatic carbocycles.